The first-order chi connectivity index (χ1) is 17.7. The molecule has 2 aliphatic heterocycles. The third-order valence-corrected chi connectivity index (χ3v) is 5.67. The van der Waals surface area contributed by atoms with E-state index in [0.29, 0.717) is 6.08 Å². The van der Waals surface area contributed by atoms with Gasteiger partial charge in [0.1, 0.15) is 72.7 Å². The quantitative estimate of drug-likeness (QED) is 0.0938. The molecule has 9 N–H and O–H groups in total. The molecule has 0 radical (unpaired) electrons. The molecule has 0 aromatic rings. The van der Waals surface area contributed by atoms with Gasteiger partial charge in [-0.05, 0) is 6.08 Å². The molecule has 0 spiro atoms. The summed E-state index contributed by atoms with van der Waals surface area (Å²) >= 11 is 0. The van der Waals surface area contributed by atoms with E-state index < -0.39 is 110 Å². The van der Waals surface area contributed by atoms with Gasteiger partial charge in [0.25, 0.3) is 0 Å². The Morgan fingerprint density at radius 1 is 1.05 bits per heavy atom. The number of hydrogen-bond donors (Lipinski definition) is 9. The van der Waals surface area contributed by atoms with Gasteiger partial charge in [0, 0.05) is 6.92 Å². The van der Waals surface area contributed by atoms with Crippen LogP contribution in [0.5, 0.6) is 0 Å². The number of carboxylic acids is 2. The zero-order valence-corrected chi connectivity index (χ0v) is 25.7. The van der Waals surface area contributed by atoms with Crippen molar-refractivity contribution in [2.45, 2.75) is 80.5 Å². The van der Waals surface area contributed by atoms with Crippen LogP contribution in [0.2, 0.25) is 0 Å². The van der Waals surface area contributed by atoms with Gasteiger partial charge in [-0.3, -0.25) is 4.79 Å². The summed E-state index contributed by atoms with van der Waals surface area (Å²) in [5.74, 6) is -5.88. The van der Waals surface area contributed by atoms with E-state index in [9.17, 15) is 60.3 Å². The first-order valence-corrected chi connectivity index (χ1v) is 11.1. The van der Waals surface area contributed by atoms with Gasteiger partial charge in [0.2, 0.25) is 12.2 Å². The van der Waals surface area contributed by atoms with Crippen LogP contribution in [0.1, 0.15) is 6.92 Å². The maximum Gasteiger partial charge on any atom is 1.00 e. The second kappa shape index (κ2) is 17.6. The Morgan fingerprint density at radius 2 is 1.65 bits per heavy atom. The van der Waals surface area contributed by atoms with Crippen molar-refractivity contribution in [3.05, 3.63) is 11.8 Å². The van der Waals surface area contributed by atoms with E-state index in [1.54, 1.807) is 0 Å². The van der Waals surface area contributed by atoms with Crippen molar-refractivity contribution in [2.75, 3.05) is 13.2 Å². The smallest absolute Gasteiger partial charge is 0.547 e. The molecule has 0 aromatic carbocycles. The predicted molar refractivity (Wildman–Crippen MR) is 109 cm³/mol. The molecule has 2 heterocycles. The Hall–Kier alpha value is -0.490. The summed E-state index contributed by atoms with van der Waals surface area (Å²) in [6, 6.07) is -1.73. The number of carbonyl (C=O) groups excluding carboxylic acids is 3. The van der Waals surface area contributed by atoms with Gasteiger partial charge >= 0.3 is 59.1 Å². The van der Waals surface area contributed by atoms with Crippen LogP contribution in [0.4, 0.5) is 0 Å². The third-order valence-electron chi connectivity index (χ3n) is 5.67. The van der Waals surface area contributed by atoms with Crippen LogP contribution >= 0.6 is 0 Å². The van der Waals surface area contributed by atoms with Crippen LogP contribution in [0.15, 0.2) is 11.8 Å². The maximum atomic E-state index is 11.9. The van der Waals surface area contributed by atoms with Crippen LogP contribution in [-0.4, -0.2) is 145 Å². The van der Waals surface area contributed by atoms with Crippen LogP contribution < -0.4 is 74.6 Å². The van der Waals surface area contributed by atoms with Crippen LogP contribution in [0, 0.1) is 0 Å². The first kappa shape index (κ1) is 39.5. The summed E-state index contributed by atoms with van der Waals surface area (Å²) in [5.41, 5.74) is 0. The minimum Gasteiger partial charge on any atom is -0.547 e. The minimum atomic E-state index is -2.65. The van der Waals surface area contributed by atoms with Gasteiger partial charge < -0.3 is 84.9 Å². The molecule has 1 fully saturated rings. The van der Waals surface area contributed by atoms with Crippen molar-refractivity contribution < 1.29 is 144 Å². The summed E-state index contributed by atoms with van der Waals surface area (Å²) in [5, 5.41) is 104. The molecule has 0 bridgehead atoms. The third kappa shape index (κ3) is 9.78. The first-order valence-electron chi connectivity index (χ1n) is 11.1. The second-order valence-corrected chi connectivity index (χ2v) is 8.43. The molecule has 1 saturated heterocycles. The molecule has 18 nitrogen and oxygen atoms in total. The normalized spacial score (nSPS) is 33.0. The van der Waals surface area contributed by atoms with Crippen molar-refractivity contribution in [1.82, 2.24) is 5.32 Å². The van der Waals surface area contributed by atoms with Crippen molar-refractivity contribution in [3.8, 4) is 0 Å². The monoisotopic (exact) mass is 601 g/mol. The van der Waals surface area contributed by atoms with E-state index in [0.717, 1.165) is 6.92 Å². The average Bonchev–Trinajstić information content (AvgIpc) is 2.86. The Bertz CT molecular complexity index is 880. The maximum absolute atomic E-state index is 11.9. The Kier molecular flexibility index (Phi) is 17.4. The number of nitrogens with one attached hydrogen (secondary N) is 1. The standard InChI is InChI=1S/C20H31NO17.2Na/c1-5(24)21-10-15(37-20-12(28)6(25)2-8(35-20)17(31)32)13(29)9(4-23)36-19(10)38-16(14(30)18(33)34)11(27)7(26)3-22;;/h2,6-7,9-16,19-20,22-23,25-30H,3-4H2,1H3,(H,21,24)(H,31,32)(H,33,34);;/q;2*+1/p-2/t6-,7-,9+,10+,11+,12+,13+,14-,15+,16-,19-,20-;;/m0../s1. The minimum absolute atomic E-state index is 0. The van der Waals surface area contributed by atoms with E-state index >= 15 is 0 Å². The van der Waals surface area contributed by atoms with Crippen LogP contribution in [0.25, 0.3) is 0 Å². The summed E-state index contributed by atoms with van der Waals surface area (Å²) in [6.07, 6.45) is -21.9. The average molecular weight is 601 g/mol. The molecular weight excluding hydrogens is 572 g/mol. The fraction of sp³-hybridized carbons (Fsp3) is 0.750. The topological polar surface area (TPSA) is 308 Å². The van der Waals surface area contributed by atoms with Crippen molar-refractivity contribution in [3.63, 3.8) is 0 Å². The van der Waals surface area contributed by atoms with Gasteiger partial charge in [-0.2, -0.15) is 0 Å². The Labute approximate surface area is 270 Å². The SMILES string of the molecule is CC(=O)N[C@H]1[C@H](O[C@@H]([C@H](O)[C@@H](O)CO)[C@H](O)C(=O)[O-])O[C@H](CO)[C@@H](O)[C@@H]1O[C@@H]1OC(C(=O)[O-])=C[C@H](O)[C@H]1O.[Na+].[Na+]. The van der Waals surface area contributed by atoms with Crippen LogP contribution in [-0.2, 0) is 33.3 Å². The fourth-order valence-electron chi connectivity index (χ4n) is 3.72. The number of amides is 1. The van der Waals surface area contributed by atoms with E-state index in [-0.39, 0.29) is 59.1 Å². The molecule has 0 saturated carbocycles. The molecule has 2 aliphatic rings. The molecule has 2 rings (SSSR count). The molecule has 1 amide bonds. The Morgan fingerprint density at radius 3 is 2.12 bits per heavy atom. The molecule has 0 unspecified atom stereocenters. The van der Waals surface area contributed by atoms with Crippen molar-refractivity contribution >= 4 is 17.8 Å². The summed E-state index contributed by atoms with van der Waals surface area (Å²) in [7, 11) is 0. The van der Waals surface area contributed by atoms with Crippen LogP contribution in [0.3, 0.4) is 0 Å². The van der Waals surface area contributed by atoms with Gasteiger partial charge in [-0.25, -0.2) is 0 Å². The van der Waals surface area contributed by atoms with Gasteiger partial charge in [0.05, 0.1) is 19.2 Å². The number of aliphatic hydroxyl groups is 8. The number of aliphatic hydroxyl groups excluding tert-OH is 8. The molecule has 218 valence electrons. The summed E-state index contributed by atoms with van der Waals surface area (Å²) in [4.78, 5) is 34.4. The number of rotatable bonds is 12. The zero-order chi connectivity index (χ0) is 28.9. The summed E-state index contributed by atoms with van der Waals surface area (Å²) < 4.78 is 21.1. The van der Waals surface area contributed by atoms with E-state index in [1.165, 1.54) is 0 Å². The molecule has 40 heavy (non-hydrogen) atoms. The van der Waals surface area contributed by atoms with Gasteiger partial charge in [0.15, 0.2) is 6.29 Å². The predicted octanol–water partition coefficient (Wildman–Crippen LogP) is -15.1. The van der Waals surface area contributed by atoms with E-state index in [2.05, 4.69) is 5.32 Å². The molecule has 20 heteroatoms. The zero-order valence-electron chi connectivity index (χ0n) is 21.7. The largest absolute Gasteiger partial charge is 1.00 e. The number of carboxylic acid groups (broad SMARTS) is 2. The van der Waals surface area contributed by atoms with E-state index in [4.69, 9.17) is 24.1 Å². The Balaban J connectivity index is 0.00000760. The molecule has 0 aromatic heterocycles. The van der Waals surface area contributed by atoms with Crippen molar-refractivity contribution in [2.24, 2.45) is 0 Å². The van der Waals surface area contributed by atoms with Gasteiger partial charge in [-0.1, -0.05) is 0 Å². The molecule has 12 atom stereocenters. The number of aliphatic carboxylic acids is 2. The number of ether oxygens (including phenoxy) is 4. The molecule has 0 aliphatic carbocycles. The van der Waals surface area contributed by atoms with Crippen molar-refractivity contribution in [1.29, 1.82) is 0 Å². The van der Waals surface area contributed by atoms with E-state index in [1.807, 2.05) is 0 Å². The fourth-order valence-corrected chi connectivity index (χ4v) is 3.72. The number of carbonyl (C=O) groups is 3. The summed E-state index contributed by atoms with van der Waals surface area (Å²) in [6.45, 7) is -1.11. The van der Waals surface area contributed by atoms with Gasteiger partial charge in [-0.15, -0.1) is 0 Å². The second-order valence-electron chi connectivity index (χ2n) is 8.43. The number of hydrogen-bond acceptors (Lipinski definition) is 17. The molecular formula is C20H29NNa2O17.